The number of fused-ring (bicyclic) bond motifs is 1. The van der Waals surface area contributed by atoms with E-state index in [4.69, 9.17) is 4.74 Å². The molecular weight excluding hydrogens is 400 g/mol. The Morgan fingerprint density at radius 2 is 1.93 bits per heavy atom. The fourth-order valence-electron chi connectivity index (χ4n) is 2.97. The van der Waals surface area contributed by atoms with Crippen LogP contribution in [0.25, 0.3) is 16.9 Å². The minimum Gasteiger partial charge on any atom is -0.452 e. The molecule has 0 aliphatic rings. The number of amides is 1. The molecule has 1 amide bonds. The Bertz CT molecular complexity index is 1210. The van der Waals surface area contributed by atoms with Gasteiger partial charge in [0.15, 0.2) is 12.3 Å². The van der Waals surface area contributed by atoms with Gasteiger partial charge >= 0.3 is 5.97 Å². The number of anilines is 1. The normalized spacial score (nSPS) is 10.7. The number of nitrogens with one attached hydrogen (secondary N) is 1. The summed E-state index contributed by atoms with van der Waals surface area (Å²) in [5.74, 6) is -1.08. The van der Waals surface area contributed by atoms with Crippen molar-refractivity contribution in [2.24, 2.45) is 0 Å². The van der Waals surface area contributed by atoms with Gasteiger partial charge in [0.1, 0.15) is 5.56 Å². The van der Waals surface area contributed by atoms with Gasteiger partial charge in [-0.2, -0.15) is 5.10 Å². The van der Waals surface area contributed by atoms with Crippen molar-refractivity contribution in [2.45, 2.75) is 4.90 Å². The second kappa shape index (κ2) is 8.79. The van der Waals surface area contributed by atoms with Crippen LogP contribution in [0.2, 0.25) is 0 Å². The molecule has 0 bridgehead atoms. The molecule has 2 heterocycles. The van der Waals surface area contributed by atoms with Crippen LogP contribution in [0, 0.1) is 0 Å². The van der Waals surface area contributed by atoms with Gasteiger partial charge in [-0.1, -0.05) is 36.4 Å². The summed E-state index contributed by atoms with van der Waals surface area (Å²) in [5.41, 5.74) is 2.96. The number of thioether (sulfide) groups is 1. The van der Waals surface area contributed by atoms with E-state index in [1.165, 1.54) is 6.20 Å². The smallest absolute Gasteiger partial charge is 0.344 e. The van der Waals surface area contributed by atoms with E-state index in [0.29, 0.717) is 11.3 Å². The molecule has 0 saturated heterocycles. The lowest BCUT2D eigenvalue weighted by molar-refractivity contribution is -0.119. The summed E-state index contributed by atoms with van der Waals surface area (Å²) in [6, 6.07) is 18.9. The van der Waals surface area contributed by atoms with Crippen molar-refractivity contribution < 1.29 is 14.3 Å². The molecule has 0 aliphatic carbocycles. The molecule has 7 nitrogen and oxygen atoms in total. The highest BCUT2D eigenvalue weighted by molar-refractivity contribution is 7.98. The van der Waals surface area contributed by atoms with Gasteiger partial charge in [0.25, 0.3) is 5.91 Å². The van der Waals surface area contributed by atoms with E-state index < -0.39 is 18.5 Å². The largest absolute Gasteiger partial charge is 0.452 e. The molecule has 0 spiro atoms. The fraction of sp³-hybridized carbons (Fsp3) is 0.0909. The molecule has 0 aliphatic heterocycles. The Hall–Kier alpha value is -3.65. The van der Waals surface area contributed by atoms with Crippen LogP contribution in [0.3, 0.4) is 0 Å². The number of ether oxygens (including phenoxy) is 1. The summed E-state index contributed by atoms with van der Waals surface area (Å²) in [7, 11) is 0. The third-order valence-electron chi connectivity index (χ3n) is 4.38. The Balaban J connectivity index is 1.47. The molecule has 0 atom stereocenters. The van der Waals surface area contributed by atoms with Crippen LogP contribution in [0.4, 0.5) is 5.69 Å². The third kappa shape index (κ3) is 4.18. The maximum absolute atomic E-state index is 12.5. The summed E-state index contributed by atoms with van der Waals surface area (Å²) >= 11 is 1.57. The van der Waals surface area contributed by atoms with Crippen molar-refractivity contribution in [1.82, 2.24) is 14.6 Å². The maximum Gasteiger partial charge on any atom is 0.344 e. The van der Waals surface area contributed by atoms with Gasteiger partial charge in [-0.25, -0.2) is 14.3 Å². The number of benzene rings is 2. The highest BCUT2D eigenvalue weighted by Crippen LogP contribution is 2.21. The molecule has 0 saturated carbocycles. The zero-order valence-corrected chi connectivity index (χ0v) is 16.9. The molecule has 4 aromatic rings. The second-order valence-electron chi connectivity index (χ2n) is 6.35. The second-order valence-corrected chi connectivity index (χ2v) is 7.23. The summed E-state index contributed by atoms with van der Waals surface area (Å²) in [5, 5.41) is 7.00. The van der Waals surface area contributed by atoms with Crippen molar-refractivity contribution in [2.75, 3.05) is 18.2 Å². The lowest BCUT2D eigenvalue weighted by atomic mass is 10.1. The van der Waals surface area contributed by atoms with E-state index in [0.717, 1.165) is 16.2 Å². The van der Waals surface area contributed by atoms with Crippen molar-refractivity contribution in [3.63, 3.8) is 0 Å². The zero-order chi connectivity index (χ0) is 20.9. The van der Waals surface area contributed by atoms with E-state index in [1.807, 2.05) is 60.9 Å². The van der Waals surface area contributed by atoms with Crippen molar-refractivity contribution in [1.29, 1.82) is 0 Å². The predicted octanol–water partition coefficient (Wildman–Crippen LogP) is 3.91. The van der Waals surface area contributed by atoms with Crippen LogP contribution in [-0.2, 0) is 9.53 Å². The van der Waals surface area contributed by atoms with E-state index >= 15 is 0 Å². The van der Waals surface area contributed by atoms with Crippen LogP contribution in [0.1, 0.15) is 10.4 Å². The fourth-order valence-corrected chi connectivity index (χ4v) is 3.43. The third-order valence-corrected chi connectivity index (χ3v) is 5.10. The van der Waals surface area contributed by atoms with Crippen molar-refractivity contribution in [3.8, 4) is 11.3 Å². The first-order chi connectivity index (χ1) is 14.7. The van der Waals surface area contributed by atoms with Crippen LogP contribution < -0.4 is 5.32 Å². The summed E-state index contributed by atoms with van der Waals surface area (Å²) in [4.78, 5) is 30.0. The van der Waals surface area contributed by atoms with Gasteiger partial charge in [0, 0.05) is 22.3 Å². The SMILES string of the molecule is CSc1cccc(NC(=O)COC(=O)c2cnn3c(-c4ccccc4)ccnc23)c1. The first kappa shape index (κ1) is 19.7. The van der Waals surface area contributed by atoms with Crippen LogP contribution in [0.15, 0.2) is 78.0 Å². The van der Waals surface area contributed by atoms with Gasteiger partial charge < -0.3 is 10.1 Å². The number of hydrogen-bond acceptors (Lipinski definition) is 6. The number of rotatable bonds is 6. The molecule has 0 unspecified atom stereocenters. The number of carbonyl (C=O) groups excluding carboxylic acids is 2. The highest BCUT2D eigenvalue weighted by Gasteiger charge is 2.18. The Labute approximate surface area is 177 Å². The molecule has 150 valence electrons. The first-order valence-electron chi connectivity index (χ1n) is 9.15. The standard InChI is InChI=1S/C22H18N4O3S/c1-30-17-9-5-8-16(12-17)25-20(27)14-29-22(28)18-13-24-26-19(10-11-23-21(18)26)15-6-3-2-4-7-15/h2-13H,14H2,1H3,(H,25,27). The monoisotopic (exact) mass is 418 g/mol. The Kier molecular flexibility index (Phi) is 5.76. The molecule has 2 aromatic heterocycles. The number of nitrogens with zero attached hydrogens (tertiary/aromatic N) is 3. The lowest BCUT2D eigenvalue weighted by Gasteiger charge is -2.07. The topological polar surface area (TPSA) is 85.6 Å². The van der Waals surface area contributed by atoms with Crippen LogP contribution in [0.5, 0.6) is 0 Å². The van der Waals surface area contributed by atoms with Gasteiger partial charge in [-0.15, -0.1) is 11.8 Å². The summed E-state index contributed by atoms with van der Waals surface area (Å²) in [6.45, 7) is -0.405. The zero-order valence-electron chi connectivity index (χ0n) is 16.1. The molecule has 2 aromatic carbocycles. The molecule has 4 rings (SSSR count). The Morgan fingerprint density at radius 1 is 1.10 bits per heavy atom. The average Bonchev–Trinajstić information content (AvgIpc) is 3.22. The minimum atomic E-state index is -0.657. The van der Waals surface area contributed by atoms with Crippen LogP contribution >= 0.6 is 11.8 Å². The molecule has 0 fully saturated rings. The van der Waals surface area contributed by atoms with E-state index in [-0.39, 0.29) is 5.56 Å². The van der Waals surface area contributed by atoms with Crippen molar-refractivity contribution in [3.05, 3.63) is 78.6 Å². The molecule has 1 N–H and O–H groups in total. The van der Waals surface area contributed by atoms with E-state index in [2.05, 4.69) is 15.4 Å². The van der Waals surface area contributed by atoms with E-state index in [9.17, 15) is 9.59 Å². The quantitative estimate of drug-likeness (QED) is 0.377. The molecule has 30 heavy (non-hydrogen) atoms. The minimum absolute atomic E-state index is 0.199. The molecule has 0 radical (unpaired) electrons. The predicted molar refractivity (Wildman–Crippen MR) is 116 cm³/mol. The van der Waals surface area contributed by atoms with Gasteiger partial charge in [0.2, 0.25) is 0 Å². The van der Waals surface area contributed by atoms with E-state index in [1.54, 1.807) is 28.5 Å². The molecular formula is C22H18N4O3S. The maximum atomic E-state index is 12.5. The number of aromatic nitrogens is 3. The van der Waals surface area contributed by atoms with Gasteiger partial charge in [-0.05, 0) is 30.5 Å². The average molecular weight is 418 g/mol. The van der Waals surface area contributed by atoms with Crippen LogP contribution in [-0.4, -0.2) is 39.3 Å². The molecule has 8 heteroatoms. The first-order valence-corrected chi connectivity index (χ1v) is 10.4. The van der Waals surface area contributed by atoms with Crippen molar-refractivity contribution >= 4 is 35.0 Å². The number of hydrogen-bond donors (Lipinski definition) is 1. The van der Waals surface area contributed by atoms with Gasteiger partial charge in [0.05, 0.1) is 11.9 Å². The van der Waals surface area contributed by atoms with Gasteiger partial charge in [-0.3, -0.25) is 4.79 Å². The lowest BCUT2D eigenvalue weighted by Crippen LogP contribution is -2.21. The summed E-state index contributed by atoms with van der Waals surface area (Å²) in [6.07, 6.45) is 4.97. The number of esters is 1. The Morgan fingerprint density at radius 3 is 2.73 bits per heavy atom. The summed E-state index contributed by atoms with van der Waals surface area (Å²) < 4.78 is 6.76. The highest BCUT2D eigenvalue weighted by atomic mass is 32.2. The number of carbonyl (C=O) groups is 2.